The molecule has 0 aliphatic heterocycles. The van der Waals surface area contributed by atoms with Gasteiger partial charge in [-0.2, -0.15) is 0 Å². The Kier molecular flexibility index (Phi) is 5.03. The van der Waals surface area contributed by atoms with Crippen LogP contribution in [0.1, 0.15) is 64.1 Å². The fourth-order valence-corrected chi connectivity index (χ4v) is 2.42. The van der Waals surface area contributed by atoms with E-state index in [-0.39, 0.29) is 0 Å². The van der Waals surface area contributed by atoms with Crippen LogP contribution in [0.5, 0.6) is 0 Å². The van der Waals surface area contributed by atoms with Gasteiger partial charge in [0.05, 0.1) is 0 Å². The van der Waals surface area contributed by atoms with E-state index in [0.29, 0.717) is 18.5 Å². The molecular weight excluding hydrogens is 246 g/mol. The molecule has 3 heteroatoms. The maximum Gasteiger partial charge on any atom is 0.129 e. The molecule has 0 radical (unpaired) electrons. The Bertz CT molecular complexity index is 436. The molecule has 1 aromatic rings. The summed E-state index contributed by atoms with van der Waals surface area (Å²) in [6, 6.07) is 5.04. The van der Waals surface area contributed by atoms with Crippen molar-refractivity contribution in [3.8, 4) is 0 Å². The molecule has 0 saturated heterocycles. The van der Waals surface area contributed by atoms with Crippen LogP contribution in [0, 0.1) is 5.92 Å². The lowest BCUT2D eigenvalue weighted by atomic mass is 10.1. The van der Waals surface area contributed by atoms with Gasteiger partial charge in [-0.25, -0.2) is 4.98 Å². The Morgan fingerprint density at radius 3 is 2.45 bits per heavy atom. The predicted molar refractivity (Wildman–Crippen MR) is 86.0 cm³/mol. The fraction of sp³-hybridized carbons (Fsp3) is 0.706. The third-order valence-corrected chi connectivity index (χ3v) is 3.95. The highest BCUT2D eigenvalue weighted by Gasteiger charge is 2.30. The van der Waals surface area contributed by atoms with Crippen molar-refractivity contribution in [1.29, 1.82) is 0 Å². The van der Waals surface area contributed by atoms with Gasteiger partial charge in [-0.3, -0.25) is 0 Å². The second-order valence-corrected chi connectivity index (χ2v) is 6.72. The number of nitrogens with two attached hydrogens (primary N) is 1. The summed E-state index contributed by atoms with van der Waals surface area (Å²) in [7, 11) is 0. The molecule has 0 amide bonds. The SMILES string of the molecule is CC(C)CCN(c1cc(CN)cc(C(C)C)n1)C1CC1. The summed E-state index contributed by atoms with van der Waals surface area (Å²) in [5, 5.41) is 0. The second-order valence-electron chi connectivity index (χ2n) is 6.72. The monoisotopic (exact) mass is 275 g/mol. The van der Waals surface area contributed by atoms with Crippen LogP contribution in [-0.4, -0.2) is 17.6 Å². The molecule has 1 fully saturated rings. The molecule has 0 bridgehead atoms. The highest BCUT2D eigenvalue weighted by molar-refractivity contribution is 5.45. The van der Waals surface area contributed by atoms with Gasteiger partial charge in [-0.1, -0.05) is 27.7 Å². The second kappa shape index (κ2) is 6.57. The number of hydrogen-bond donors (Lipinski definition) is 1. The molecule has 1 aliphatic rings. The van der Waals surface area contributed by atoms with E-state index in [2.05, 4.69) is 44.7 Å². The van der Waals surface area contributed by atoms with Crippen molar-refractivity contribution in [3.63, 3.8) is 0 Å². The standard InChI is InChI=1S/C17H29N3/c1-12(2)7-8-20(15-5-6-15)17-10-14(11-18)9-16(19-17)13(3)4/h9-10,12-13,15H,5-8,11,18H2,1-4H3. The Balaban J connectivity index is 2.24. The van der Waals surface area contributed by atoms with E-state index in [1.54, 1.807) is 0 Å². The van der Waals surface area contributed by atoms with E-state index in [9.17, 15) is 0 Å². The summed E-state index contributed by atoms with van der Waals surface area (Å²) < 4.78 is 0. The van der Waals surface area contributed by atoms with Crippen molar-refractivity contribution in [2.45, 2.75) is 65.5 Å². The van der Waals surface area contributed by atoms with Crippen molar-refractivity contribution in [1.82, 2.24) is 4.98 Å². The molecule has 1 aliphatic carbocycles. The van der Waals surface area contributed by atoms with Crippen LogP contribution in [0.15, 0.2) is 12.1 Å². The molecule has 0 atom stereocenters. The van der Waals surface area contributed by atoms with E-state index in [1.807, 2.05) is 0 Å². The number of nitrogens with zero attached hydrogens (tertiary/aromatic N) is 2. The maximum atomic E-state index is 5.86. The molecule has 0 unspecified atom stereocenters. The molecule has 1 heterocycles. The van der Waals surface area contributed by atoms with Crippen LogP contribution < -0.4 is 10.6 Å². The topological polar surface area (TPSA) is 42.1 Å². The Labute approximate surface area is 123 Å². The molecule has 1 aromatic heterocycles. The lowest BCUT2D eigenvalue weighted by Gasteiger charge is -2.26. The molecule has 2 N–H and O–H groups in total. The zero-order valence-corrected chi connectivity index (χ0v) is 13.4. The number of anilines is 1. The van der Waals surface area contributed by atoms with Crippen LogP contribution in [0.25, 0.3) is 0 Å². The van der Waals surface area contributed by atoms with E-state index in [0.717, 1.165) is 24.0 Å². The average molecular weight is 275 g/mol. The van der Waals surface area contributed by atoms with Crippen LogP contribution in [-0.2, 0) is 6.54 Å². The quantitative estimate of drug-likeness (QED) is 0.825. The Morgan fingerprint density at radius 2 is 1.95 bits per heavy atom. The van der Waals surface area contributed by atoms with Gasteiger partial charge in [0.25, 0.3) is 0 Å². The summed E-state index contributed by atoms with van der Waals surface area (Å²) >= 11 is 0. The predicted octanol–water partition coefficient (Wildman–Crippen LogP) is 3.68. The van der Waals surface area contributed by atoms with Gasteiger partial charge in [0.1, 0.15) is 5.82 Å². The zero-order chi connectivity index (χ0) is 14.7. The summed E-state index contributed by atoms with van der Waals surface area (Å²) in [6.07, 6.45) is 3.84. The van der Waals surface area contributed by atoms with Gasteiger partial charge < -0.3 is 10.6 Å². The van der Waals surface area contributed by atoms with Crippen molar-refractivity contribution >= 4 is 5.82 Å². The lowest BCUT2D eigenvalue weighted by Crippen LogP contribution is -2.29. The molecule has 0 aromatic carbocycles. The van der Waals surface area contributed by atoms with Gasteiger partial charge in [0.2, 0.25) is 0 Å². The smallest absolute Gasteiger partial charge is 0.129 e. The highest BCUT2D eigenvalue weighted by Crippen LogP contribution is 2.32. The largest absolute Gasteiger partial charge is 0.354 e. The number of pyridine rings is 1. The third kappa shape index (κ3) is 3.95. The average Bonchev–Trinajstić information content (AvgIpc) is 3.22. The van der Waals surface area contributed by atoms with E-state index >= 15 is 0 Å². The maximum absolute atomic E-state index is 5.86. The van der Waals surface area contributed by atoms with Crippen molar-refractivity contribution < 1.29 is 0 Å². The summed E-state index contributed by atoms with van der Waals surface area (Å²) in [6.45, 7) is 10.7. The first-order chi connectivity index (χ1) is 9.51. The van der Waals surface area contributed by atoms with Crippen LogP contribution >= 0.6 is 0 Å². The third-order valence-electron chi connectivity index (χ3n) is 3.95. The van der Waals surface area contributed by atoms with Crippen LogP contribution in [0.2, 0.25) is 0 Å². The zero-order valence-electron chi connectivity index (χ0n) is 13.4. The molecular formula is C17H29N3. The summed E-state index contributed by atoms with van der Waals surface area (Å²) in [5.41, 5.74) is 8.22. The van der Waals surface area contributed by atoms with Crippen molar-refractivity contribution in [2.24, 2.45) is 11.7 Å². The molecule has 112 valence electrons. The first-order valence-corrected chi connectivity index (χ1v) is 7.98. The van der Waals surface area contributed by atoms with E-state index in [4.69, 9.17) is 10.7 Å². The first kappa shape index (κ1) is 15.3. The number of rotatable bonds is 7. The molecule has 0 spiro atoms. The normalized spacial score (nSPS) is 15.2. The van der Waals surface area contributed by atoms with Gasteiger partial charge in [0, 0.05) is 24.8 Å². The minimum absolute atomic E-state index is 0.450. The molecule has 1 saturated carbocycles. The fourth-order valence-electron chi connectivity index (χ4n) is 2.42. The number of aromatic nitrogens is 1. The van der Waals surface area contributed by atoms with E-state index < -0.39 is 0 Å². The van der Waals surface area contributed by atoms with E-state index in [1.165, 1.54) is 24.8 Å². The minimum Gasteiger partial charge on any atom is -0.354 e. The Hall–Kier alpha value is -1.09. The van der Waals surface area contributed by atoms with Gasteiger partial charge >= 0.3 is 0 Å². The molecule has 3 nitrogen and oxygen atoms in total. The minimum atomic E-state index is 0.450. The number of hydrogen-bond acceptors (Lipinski definition) is 3. The summed E-state index contributed by atoms with van der Waals surface area (Å²) in [4.78, 5) is 7.40. The van der Waals surface area contributed by atoms with Crippen LogP contribution in [0.4, 0.5) is 5.82 Å². The lowest BCUT2D eigenvalue weighted by molar-refractivity contribution is 0.567. The Morgan fingerprint density at radius 1 is 1.25 bits per heavy atom. The highest BCUT2D eigenvalue weighted by atomic mass is 15.2. The van der Waals surface area contributed by atoms with Crippen molar-refractivity contribution in [3.05, 3.63) is 23.4 Å². The summed E-state index contributed by atoms with van der Waals surface area (Å²) in [5.74, 6) is 2.32. The van der Waals surface area contributed by atoms with Gasteiger partial charge in [0.15, 0.2) is 0 Å². The van der Waals surface area contributed by atoms with Gasteiger partial charge in [-0.05, 0) is 48.8 Å². The first-order valence-electron chi connectivity index (χ1n) is 7.98. The van der Waals surface area contributed by atoms with Crippen LogP contribution in [0.3, 0.4) is 0 Å². The van der Waals surface area contributed by atoms with Crippen molar-refractivity contribution in [2.75, 3.05) is 11.4 Å². The van der Waals surface area contributed by atoms with Gasteiger partial charge in [-0.15, -0.1) is 0 Å². The molecule has 20 heavy (non-hydrogen) atoms. The molecule has 2 rings (SSSR count).